The molecular weight excluding hydrogens is 215 g/mol. The lowest BCUT2D eigenvalue weighted by molar-refractivity contribution is -0.191. The highest BCUT2D eigenvalue weighted by Crippen LogP contribution is 2.13. The molecule has 4 nitrogen and oxygen atoms in total. The van der Waals surface area contributed by atoms with Crippen LogP contribution in [0.5, 0.6) is 0 Å². The molecule has 0 saturated carbocycles. The number of ether oxygens (including phenoxy) is 1. The third kappa shape index (κ3) is 11.1. The van der Waals surface area contributed by atoms with Gasteiger partial charge in [-0.1, -0.05) is 0 Å². The summed E-state index contributed by atoms with van der Waals surface area (Å²) in [6.07, 6.45) is -3.90. The van der Waals surface area contributed by atoms with Crippen molar-refractivity contribution in [2.75, 3.05) is 19.8 Å². The average Bonchev–Trinajstić information content (AvgIpc) is 2.10. The Morgan fingerprint density at radius 2 is 2.07 bits per heavy atom. The van der Waals surface area contributed by atoms with E-state index in [4.69, 9.17) is 4.74 Å². The zero-order valence-electron chi connectivity index (χ0n) is 8.39. The fraction of sp³-hybridized carbons (Fsp3) is 0.875. The molecule has 0 unspecified atom stereocenters. The van der Waals surface area contributed by atoms with E-state index in [1.807, 2.05) is 6.92 Å². The Balaban J connectivity index is 3.34. The highest BCUT2D eigenvalue weighted by molar-refractivity contribution is 5.74. The van der Waals surface area contributed by atoms with Crippen molar-refractivity contribution in [1.29, 1.82) is 0 Å². The van der Waals surface area contributed by atoms with E-state index in [-0.39, 0.29) is 6.42 Å². The summed E-state index contributed by atoms with van der Waals surface area (Å²) in [5, 5.41) is 0. The summed E-state index contributed by atoms with van der Waals surface area (Å²) in [5.41, 5.74) is 1.70. The Kier molecular flexibility index (Phi) is 7.06. The van der Waals surface area contributed by atoms with Crippen LogP contribution in [0.1, 0.15) is 19.8 Å². The van der Waals surface area contributed by atoms with Crippen molar-refractivity contribution < 1.29 is 27.5 Å². The van der Waals surface area contributed by atoms with Crippen LogP contribution in [0.25, 0.3) is 0 Å². The molecule has 0 aliphatic carbocycles. The van der Waals surface area contributed by atoms with E-state index >= 15 is 0 Å². The number of hydroxylamine groups is 1. The molecule has 0 aliphatic heterocycles. The smallest absolute Gasteiger partial charge is 0.382 e. The molecular formula is C8H14F3NO3. The standard InChI is InChI=1S/C8H14F3NO3/c1-2-14-5-3-4-7(13)12-15-6-8(9,10)11/h2-6H2,1H3,(H,12,13). The predicted octanol–water partition coefficient (Wildman–Crippen LogP) is 1.41. The number of alkyl halides is 3. The number of hydrogen-bond donors (Lipinski definition) is 1. The molecule has 0 aromatic carbocycles. The second-order valence-electron chi connectivity index (χ2n) is 2.73. The quantitative estimate of drug-likeness (QED) is 0.530. The van der Waals surface area contributed by atoms with Gasteiger partial charge in [-0.25, -0.2) is 5.48 Å². The summed E-state index contributed by atoms with van der Waals surface area (Å²) in [6, 6.07) is 0. The van der Waals surface area contributed by atoms with Gasteiger partial charge >= 0.3 is 6.18 Å². The minimum absolute atomic E-state index is 0.0812. The number of nitrogens with one attached hydrogen (secondary N) is 1. The summed E-state index contributed by atoms with van der Waals surface area (Å²) >= 11 is 0. The zero-order chi connectivity index (χ0) is 11.7. The van der Waals surface area contributed by atoms with E-state index in [2.05, 4.69) is 4.84 Å². The molecule has 0 saturated heterocycles. The Hall–Kier alpha value is -0.820. The Bertz CT molecular complexity index is 184. The van der Waals surface area contributed by atoms with Gasteiger partial charge in [0.15, 0.2) is 6.61 Å². The monoisotopic (exact) mass is 229 g/mol. The maximum Gasteiger partial charge on any atom is 0.414 e. The van der Waals surface area contributed by atoms with Gasteiger partial charge < -0.3 is 4.74 Å². The lowest BCUT2D eigenvalue weighted by Crippen LogP contribution is -2.29. The van der Waals surface area contributed by atoms with Gasteiger partial charge in [0, 0.05) is 19.6 Å². The van der Waals surface area contributed by atoms with Gasteiger partial charge in [0.1, 0.15) is 0 Å². The van der Waals surface area contributed by atoms with Gasteiger partial charge in [-0.15, -0.1) is 0 Å². The van der Waals surface area contributed by atoms with Crippen molar-refractivity contribution in [2.24, 2.45) is 0 Å². The lowest BCUT2D eigenvalue weighted by Gasteiger charge is -2.08. The third-order valence-corrected chi connectivity index (χ3v) is 1.32. The fourth-order valence-corrected chi connectivity index (χ4v) is 0.729. The van der Waals surface area contributed by atoms with Crippen LogP contribution in [0.4, 0.5) is 13.2 Å². The Labute approximate surface area is 85.7 Å². The largest absolute Gasteiger partial charge is 0.414 e. The Morgan fingerprint density at radius 3 is 2.60 bits per heavy atom. The topological polar surface area (TPSA) is 47.6 Å². The van der Waals surface area contributed by atoms with Crippen molar-refractivity contribution in [1.82, 2.24) is 5.48 Å². The lowest BCUT2D eigenvalue weighted by atomic mass is 10.3. The molecule has 15 heavy (non-hydrogen) atoms. The first kappa shape index (κ1) is 14.2. The molecule has 0 atom stereocenters. The van der Waals surface area contributed by atoms with Crippen LogP contribution in [0.3, 0.4) is 0 Å². The van der Waals surface area contributed by atoms with Crippen LogP contribution < -0.4 is 5.48 Å². The summed E-state index contributed by atoms with van der Waals surface area (Å²) < 4.78 is 39.6. The first-order chi connectivity index (χ1) is 6.95. The minimum atomic E-state index is -4.43. The summed E-state index contributed by atoms with van der Waals surface area (Å²) in [7, 11) is 0. The molecule has 7 heteroatoms. The number of amides is 1. The molecule has 0 aromatic heterocycles. The van der Waals surface area contributed by atoms with Gasteiger partial charge in [-0.2, -0.15) is 13.2 Å². The minimum Gasteiger partial charge on any atom is -0.382 e. The van der Waals surface area contributed by atoms with E-state index in [1.165, 1.54) is 0 Å². The van der Waals surface area contributed by atoms with Crippen LogP contribution in [-0.2, 0) is 14.4 Å². The predicted molar refractivity (Wildman–Crippen MR) is 45.9 cm³/mol. The zero-order valence-corrected chi connectivity index (χ0v) is 8.39. The number of halogens is 3. The van der Waals surface area contributed by atoms with Crippen LogP contribution in [0.2, 0.25) is 0 Å². The molecule has 1 N–H and O–H groups in total. The van der Waals surface area contributed by atoms with Crippen LogP contribution in [-0.4, -0.2) is 31.9 Å². The molecule has 1 amide bonds. The normalized spacial score (nSPS) is 11.5. The molecule has 0 fully saturated rings. The maximum atomic E-state index is 11.6. The van der Waals surface area contributed by atoms with E-state index in [0.717, 1.165) is 0 Å². The van der Waals surface area contributed by atoms with Crippen LogP contribution in [0, 0.1) is 0 Å². The summed E-state index contributed by atoms with van der Waals surface area (Å²) in [5.74, 6) is -0.584. The Morgan fingerprint density at radius 1 is 1.40 bits per heavy atom. The molecule has 0 aromatic rings. The highest BCUT2D eigenvalue weighted by atomic mass is 19.4. The molecule has 0 heterocycles. The first-order valence-corrected chi connectivity index (χ1v) is 4.51. The van der Waals surface area contributed by atoms with Gasteiger partial charge in [-0.05, 0) is 13.3 Å². The van der Waals surface area contributed by atoms with Crippen molar-refractivity contribution in [3.8, 4) is 0 Å². The number of carbonyl (C=O) groups excluding carboxylic acids is 1. The van der Waals surface area contributed by atoms with E-state index in [1.54, 1.807) is 5.48 Å². The van der Waals surface area contributed by atoms with Crippen molar-refractivity contribution in [3.05, 3.63) is 0 Å². The fourth-order valence-electron chi connectivity index (χ4n) is 0.729. The molecule has 90 valence electrons. The SMILES string of the molecule is CCOCCCC(=O)NOCC(F)(F)F. The molecule has 0 spiro atoms. The van der Waals surface area contributed by atoms with Gasteiger partial charge in [-0.3, -0.25) is 9.63 Å². The number of rotatable bonds is 7. The van der Waals surface area contributed by atoms with Crippen molar-refractivity contribution in [2.45, 2.75) is 25.9 Å². The van der Waals surface area contributed by atoms with Gasteiger partial charge in [0.05, 0.1) is 0 Å². The second-order valence-corrected chi connectivity index (χ2v) is 2.73. The van der Waals surface area contributed by atoms with Gasteiger partial charge in [0.25, 0.3) is 0 Å². The number of hydrogen-bond acceptors (Lipinski definition) is 3. The maximum absolute atomic E-state index is 11.6. The summed E-state index contributed by atoms with van der Waals surface area (Å²) in [6.45, 7) is 1.28. The molecule has 0 radical (unpaired) electrons. The molecule has 0 bridgehead atoms. The van der Waals surface area contributed by atoms with E-state index < -0.39 is 18.7 Å². The molecule has 0 rings (SSSR count). The second kappa shape index (κ2) is 7.47. The third-order valence-electron chi connectivity index (χ3n) is 1.32. The first-order valence-electron chi connectivity index (χ1n) is 4.51. The van der Waals surface area contributed by atoms with Crippen LogP contribution in [0.15, 0.2) is 0 Å². The van der Waals surface area contributed by atoms with E-state index in [9.17, 15) is 18.0 Å². The van der Waals surface area contributed by atoms with Gasteiger partial charge in [0.2, 0.25) is 5.91 Å². The van der Waals surface area contributed by atoms with Crippen LogP contribution >= 0.6 is 0 Å². The average molecular weight is 229 g/mol. The van der Waals surface area contributed by atoms with Crippen molar-refractivity contribution in [3.63, 3.8) is 0 Å². The van der Waals surface area contributed by atoms with E-state index in [0.29, 0.717) is 19.6 Å². The highest BCUT2D eigenvalue weighted by Gasteiger charge is 2.28. The number of carbonyl (C=O) groups is 1. The summed E-state index contributed by atoms with van der Waals surface area (Å²) in [4.78, 5) is 14.8. The van der Waals surface area contributed by atoms with Crippen molar-refractivity contribution >= 4 is 5.91 Å². The molecule has 0 aliphatic rings.